The fourth-order valence-corrected chi connectivity index (χ4v) is 6.89. The molecule has 0 saturated heterocycles. The van der Waals surface area contributed by atoms with Gasteiger partial charge in [-0.05, 0) is 105 Å². The first-order chi connectivity index (χ1) is 26.0. The number of ether oxygens (including phenoxy) is 1. The molecule has 53 heavy (non-hydrogen) atoms. The van der Waals surface area contributed by atoms with Crippen molar-refractivity contribution in [1.29, 1.82) is 0 Å². The molecule has 4 nitrogen and oxygen atoms in total. The summed E-state index contributed by atoms with van der Waals surface area (Å²) in [5.41, 5.74) is 5.15. The lowest BCUT2D eigenvalue weighted by Gasteiger charge is -2.28. The molecule has 1 aromatic heterocycles. The van der Waals surface area contributed by atoms with E-state index in [0.29, 0.717) is 19.1 Å². The Hall–Kier alpha value is -4.21. The normalized spacial score (nSPS) is 12.7. The van der Waals surface area contributed by atoms with Crippen LogP contribution in [0.15, 0.2) is 121 Å². The number of carbonyl (C=O) groups is 1. The molecule has 4 rings (SSSR count). The van der Waals surface area contributed by atoms with Gasteiger partial charge in [0.1, 0.15) is 18.6 Å². The minimum atomic E-state index is 0.0956. The molecule has 1 N–H and O–H groups in total. The Balaban J connectivity index is 0.00000142. The second-order valence-electron chi connectivity index (χ2n) is 12.5. The van der Waals surface area contributed by atoms with E-state index in [0.717, 1.165) is 45.0 Å². The fraction of sp³-hybridized carbons (Fsp3) is 0.396. The highest BCUT2D eigenvalue weighted by atomic mass is 32.1. The highest BCUT2D eigenvalue weighted by Crippen LogP contribution is 2.31. The third-order valence-electron chi connectivity index (χ3n) is 8.55. The smallest absolute Gasteiger partial charge is 0.134 e. The van der Waals surface area contributed by atoms with E-state index in [9.17, 15) is 4.79 Å². The van der Waals surface area contributed by atoms with Crippen molar-refractivity contribution in [3.63, 3.8) is 0 Å². The predicted molar refractivity (Wildman–Crippen MR) is 232 cm³/mol. The maximum atomic E-state index is 11.6. The van der Waals surface area contributed by atoms with Gasteiger partial charge in [0.15, 0.2) is 0 Å². The van der Waals surface area contributed by atoms with Crippen LogP contribution < -0.4 is 4.74 Å². The van der Waals surface area contributed by atoms with Gasteiger partial charge in [0.2, 0.25) is 0 Å². The summed E-state index contributed by atoms with van der Waals surface area (Å²) in [5.74, 6) is 3.83. The summed E-state index contributed by atoms with van der Waals surface area (Å²) in [4.78, 5) is 16.5. The van der Waals surface area contributed by atoms with E-state index in [2.05, 4.69) is 135 Å². The van der Waals surface area contributed by atoms with E-state index in [4.69, 9.17) is 9.84 Å². The Bertz CT molecular complexity index is 1560. The van der Waals surface area contributed by atoms with Crippen molar-refractivity contribution in [2.75, 3.05) is 26.8 Å². The molecule has 5 heteroatoms. The summed E-state index contributed by atoms with van der Waals surface area (Å²) in [5, 5.41) is 7.00. The molecule has 1 aliphatic rings. The van der Waals surface area contributed by atoms with Gasteiger partial charge in [-0.2, -0.15) is 0 Å². The third-order valence-corrected chi connectivity index (χ3v) is 9.77. The van der Waals surface area contributed by atoms with Gasteiger partial charge in [0.25, 0.3) is 0 Å². The van der Waals surface area contributed by atoms with E-state index in [-0.39, 0.29) is 6.04 Å². The number of aliphatic hydroxyl groups is 1. The van der Waals surface area contributed by atoms with Crippen LogP contribution >= 0.6 is 11.3 Å². The Kier molecular flexibility index (Phi) is 26.7. The molecule has 0 spiro atoms. The van der Waals surface area contributed by atoms with Crippen LogP contribution in [-0.4, -0.2) is 43.1 Å². The van der Waals surface area contributed by atoms with Crippen molar-refractivity contribution < 1.29 is 14.6 Å². The largest absolute Gasteiger partial charge is 0.489 e. The first kappa shape index (κ1) is 46.8. The number of hydrogen-bond donors (Lipinski definition) is 1. The van der Waals surface area contributed by atoms with Crippen molar-refractivity contribution in [2.24, 2.45) is 0 Å². The summed E-state index contributed by atoms with van der Waals surface area (Å²) < 4.78 is 6.17. The number of carbonyl (C=O) groups excluding carboxylic acids is 1. The minimum absolute atomic E-state index is 0.0956. The number of aldehydes is 1. The fourth-order valence-electron chi connectivity index (χ4n) is 5.86. The summed E-state index contributed by atoms with van der Waals surface area (Å²) in [7, 11) is 1.00. The summed E-state index contributed by atoms with van der Waals surface area (Å²) in [6, 6.07) is 23.8. The van der Waals surface area contributed by atoms with Crippen molar-refractivity contribution >= 4 is 23.2 Å². The number of allylic oxidation sites excluding steroid dienone is 7. The molecular weight excluding hydrogens is 671 g/mol. The van der Waals surface area contributed by atoms with E-state index in [1.54, 1.807) is 6.92 Å². The summed E-state index contributed by atoms with van der Waals surface area (Å²) in [6.07, 6.45) is 30.7. The van der Waals surface area contributed by atoms with Crippen LogP contribution in [0.2, 0.25) is 0 Å². The van der Waals surface area contributed by atoms with Gasteiger partial charge in [0.05, 0.1) is 12.6 Å². The van der Waals surface area contributed by atoms with Gasteiger partial charge >= 0.3 is 0 Å². The van der Waals surface area contributed by atoms with Crippen LogP contribution in [0, 0.1) is 12.3 Å². The van der Waals surface area contributed by atoms with E-state index in [1.807, 2.05) is 43.4 Å². The molecule has 0 radical (unpaired) electrons. The van der Waals surface area contributed by atoms with Crippen molar-refractivity contribution in [3.8, 4) is 18.1 Å². The highest BCUT2D eigenvalue weighted by molar-refractivity contribution is 7.13. The monoisotopic (exact) mass is 735 g/mol. The number of thiophene rings is 1. The van der Waals surface area contributed by atoms with Crippen LogP contribution in [0.1, 0.15) is 113 Å². The zero-order valence-electron chi connectivity index (χ0n) is 33.5. The van der Waals surface area contributed by atoms with E-state index >= 15 is 0 Å². The molecule has 0 amide bonds. The quantitative estimate of drug-likeness (QED) is 0.0803. The van der Waals surface area contributed by atoms with Gasteiger partial charge < -0.3 is 14.6 Å². The third kappa shape index (κ3) is 18.4. The zero-order chi connectivity index (χ0) is 39.1. The summed E-state index contributed by atoms with van der Waals surface area (Å²) >= 11 is 1.86. The Morgan fingerprint density at radius 1 is 0.925 bits per heavy atom. The van der Waals surface area contributed by atoms with Crippen molar-refractivity contribution in [3.05, 3.63) is 142 Å². The number of benzene rings is 2. The molecule has 1 unspecified atom stereocenters. The molecule has 2 aromatic carbocycles. The molecule has 1 aliphatic carbocycles. The topological polar surface area (TPSA) is 49.8 Å². The molecule has 286 valence electrons. The van der Waals surface area contributed by atoms with Gasteiger partial charge in [-0.1, -0.05) is 125 Å². The van der Waals surface area contributed by atoms with Crippen LogP contribution in [-0.2, 0) is 11.2 Å². The van der Waals surface area contributed by atoms with E-state index < -0.39 is 0 Å². The first-order valence-corrected chi connectivity index (χ1v) is 20.0. The molecule has 0 bridgehead atoms. The number of hydrogen-bond acceptors (Lipinski definition) is 5. The van der Waals surface area contributed by atoms with Crippen LogP contribution in [0.25, 0.3) is 5.57 Å². The average molecular weight is 736 g/mol. The second-order valence-corrected chi connectivity index (χ2v) is 13.7. The lowest BCUT2D eigenvalue weighted by Crippen LogP contribution is -2.31. The SMILES string of the molecule is C#CC.C/C=C\C.CC/C=C/C(c1ccccc1)N(CC=O)CCc1ccc(C2=CC=C(COc3ccc(C(CCC)CCC)cc3)C=CC2)s1.CO. The lowest BCUT2D eigenvalue weighted by atomic mass is 9.90. The molecule has 3 aromatic rings. The zero-order valence-corrected chi connectivity index (χ0v) is 34.3. The maximum Gasteiger partial charge on any atom is 0.134 e. The highest BCUT2D eigenvalue weighted by Gasteiger charge is 2.18. The Morgan fingerprint density at radius 2 is 1.58 bits per heavy atom. The molecular formula is C48H65NO3S. The molecule has 1 heterocycles. The number of nitrogens with zero attached hydrogens (tertiary/aromatic N) is 1. The first-order valence-electron chi connectivity index (χ1n) is 19.1. The second kappa shape index (κ2) is 30.3. The van der Waals surface area contributed by atoms with Crippen molar-refractivity contribution in [1.82, 2.24) is 4.90 Å². The Morgan fingerprint density at radius 3 is 2.17 bits per heavy atom. The number of rotatable bonds is 18. The molecule has 0 aliphatic heterocycles. The van der Waals surface area contributed by atoms with E-state index in [1.165, 1.54) is 57.7 Å². The molecule has 1 atom stereocenters. The molecule has 0 saturated carbocycles. The standard InChI is InChI=1S/C40H49NO2S.C4H8.C3H4.CH4O/c1-4-7-18-39(35-15-9-8-10-16-35)41(29-30-42)28-27-38-25-26-40(44-38)36-17-11-14-32(19-20-36)31-43-37-23-21-34(22-24-37)33(12-5-2)13-6-3;1-3-4-2;1-3-2;1-2/h7-11,14-16,18-26,30,33,39H,4-6,12-13,17,27-29,31H2,1-3H3;3-4H,1-2H3;1H,2H3;2H,1H3/b18-7+;4-3-;;. The van der Waals surface area contributed by atoms with Gasteiger partial charge in [-0.3, -0.25) is 4.90 Å². The number of aliphatic hydroxyl groups excluding tert-OH is 1. The van der Waals surface area contributed by atoms with Crippen molar-refractivity contribution in [2.45, 2.75) is 98.4 Å². The number of terminal acetylenes is 1. The minimum Gasteiger partial charge on any atom is -0.489 e. The lowest BCUT2D eigenvalue weighted by molar-refractivity contribution is -0.109. The van der Waals surface area contributed by atoms with Gasteiger partial charge in [-0.15, -0.1) is 23.7 Å². The molecule has 0 fully saturated rings. The maximum absolute atomic E-state index is 11.6. The summed E-state index contributed by atoms with van der Waals surface area (Å²) in [6.45, 7) is 14.1. The Labute approximate surface area is 326 Å². The van der Waals surface area contributed by atoms with Gasteiger partial charge in [-0.25, -0.2) is 0 Å². The van der Waals surface area contributed by atoms with Crippen LogP contribution in [0.3, 0.4) is 0 Å². The van der Waals surface area contributed by atoms with Crippen LogP contribution in [0.5, 0.6) is 5.75 Å². The van der Waals surface area contributed by atoms with Gasteiger partial charge in [0, 0.05) is 23.4 Å². The predicted octanol–water partition coefficient (Wildman–Crippen LogP) is 12.4. The average Bonchev–Trinajstić information content (AvgIpc) is 3.55. The van der Waals surface area contributed by atoms with Crippen LogP contribution in [0.4, 0.5) is 0 Å².